The number of hydrogen-bond acceptors (Lipinski definition) is 3. The summed E-state index contributed by atoms with van der Waals surface area (Å²) < 4.78 is 13.7. The van der Waals surface area contributed by atoms with Crippen LogP contribution < -0.4 is 5.32 Å². The summed E-state index contributed by atoms with van der Waals surface area (Å²) in [6.45, 7) is 2.28. The third kappa shape index (κ3) is 3.99. The van der Waals surface area contributed by atoms with Gasteiger partial charge in [0.2, 0.25) is 11.8 Å². The number of benzene rings is 1. The van der Waals surface area contributed by atoms with Crippen LogP contribution in [0.1, 0.15) is 25.3 Å². The van der Waals surface area contributed by atoms with Gasteiger partial charge in [0.15, 0.2) is 0 Å². The minimum Gasteiger partial charge on any atom is -0.343 e. The van der Waals surface area contributed by atoms with Crippen molar-refractivity contribution in [2.45, 2.75) is 31.7 Å². The normalized spacial score (nSPS) is 16.5. The first-order valence-corrected chi connectivity index (χ1v) is 7.65. The third-order valence-electron chi connectivity index (χ3n) is 4.05. The molecule has 0 radical (unpaired) electrons. The fraction of sp³-hybridized carbons (Fsp3) is 0.438. The summed E-state index contributed by atoms with van der Waals surface area (Å²) in [5.74, 6) is -1.07. The molecule has 7 heteroatoms. The minimum atomic E-state index is -1.03. The molecule has 1 heterocycles. The molecule has 0 spiro atoms. The van der Waals surface area contributed by atoms with Crippen LogP contribution in [0.2, 0.25) is 5.02 Å². The van der Waals surface area contributed by atoms with Crippen molar-refractivity contribution in [3.05, 3.63) is 34.6 Å². The highest BCUT2D eigenvalue weighted by atomic mass is 35.5. The summed E-state index contributed by atoms with van der Waals surface area (Å²) in [4.78, 5) is 25.2. The van der Waals surface area contributed by atoms with Crippen molar-refractivity contribution in [3.8, 4) is 6.07 Å². The number of nitrogens with zero attached hydrogens (tertiary/aromatic N) is 2. The zero-order valence-corrected chi connectivity index (χ0v) is 13.5. The molecule has 1 aromatic rings. The number of nitriles is 1. The molecule has 0 atom stereocenters. The maximum atomic E-state index is 13.7. The van der Waals surface area contributed by atoms with E-state index in [0.29, 0.717) is 25.9 Å². The Morgan fingerprint density at radius 3 is 2.61 bits per heavy atom. The highest BCUT2D eigenvalue weighted by molar-refractivity contribution is 6.31. The van der Waals surface area contributed by atoms with E-state index in [2.05, 4.69) is 11.4 Å². The second-order valence-electron chi connectivity index (χ2n) is 5.63. The first-order valence-electron chi connectivity index (χ1n) is 7.27. The number of hydrogen-bond donors (Lipinski definition) is 1. The molecule has 2 amide bonds. The van der Waals surface area contributed by atoms with E-state index < -0.39 is 17.3 Å². The molecule has 1 aliphatic rings. The van der Waals surface area contributed by atoms with E-state index in [4.69, 9.17) is 11.6 Å². The Morgan fingerprint density at radius 1 is 1.43 bits per heavy atom. The Balaban J connectivity index is 2.04. The molecule has 122 valence electrons. The van der Waals surface area contributed by atoms with Gasteiger partial charge in [0.1, 0.15) is 11.4 Å². The molecule has 1 aromatic carbocycles. The summed E-state index contributed by atoms with van der Waals surface area (Å²) >= 11 is 5.91. The molecule has 1 saturated heterocycles. The largest absolute Gasteiger partial charge is 0.343 e. The van der Waals surface area contributed by atoms with Gasteiger partial charge in [0.25, 0.3) is 0 Å². The van der Waals surface area contributed by atoms with Gasteiger partial charge in [-0.1, -0.05) is 17.7 Å². The van der Waals surface area contributed by atoms with Gasteiger partial charge in [0.05, 0.1) is 12.5 Å². The number of piperidine rings is 1. The van der Waals surface area contributed by atoms with Gasteiger partial charge < -0.3 is 10.2 Å². The van der Waals surface area contributed by atoms with Gasteiger partial charge in [-0.05, 0) is 12.1 Å². The van der Waals surface area contributed by atoms with Crippen LogP contribution in [0.15, 0.2) is 18.2 Å². The molecule has 0 unspecified atom stereocenters. The minimum absolute atomic E-state index is 0.0546. The smallest absolute Gasteiger partial charge is 0.225 e. The summed E-state index contributed by atoms with van der Waals surface area (Å²) in [5, 5.41) is 12.3. The molecule has 0 aliphatic carbocycles. The van der Waals surface area contributed by atoms with Gasteiger partial charge in [-0.2, -0.15) is 5.26 Å². The van der Waals surface area contributed by atoms with Crippen molar-refractivity contribution >= 4 is 23.4 Å². The number of halogens is 2. The van der Waals surface area contributed by atoms with Crippen LogP contribution in [-0.4, -0.2) is 35.3 Å². The predicted molar refractivity (Wildman–Crippen MR) is 83.1 cm³/mol. The van der Waals surface area contributed by atoms with Crippen LogP contribution in [0.4, 0.5) is 4.39 Å². The molecule has 1 N–H and O–H groups in total. The van der Waals surface area contributed by atoms with Gasteiger partial charge in [-0.15, -0.1) is 0 Å². The van der Waals surface area contributed by atoms with Crippen molar-refractivity contribution < 1.29 is 14.0 Å². The fourth-order valence-corrected chi connectivity index (χ4v) is 2.87. The van der Waals surface area contributed by atoms with Crippen LogP contribution in [0.5, 0.6) is 0 Å². The lowest BCUT2D eigenvalue weighted by Crippen LogP contribution is -2.55. The molecule has 5 nitrogen and oxygen atoms in total. The quantitative estimate of drug-likeness (QED) is 0.917. The Kier molecular flexibility index (Phi) is 5.22. The number of amides is 2. The van der Waals surface area contributed by atoms with E-state index in [0.717, 1.165) is 0 Å². The van der Waals surface area contributed by atoms with E-state index in [1.165, 1.54) is 25.1 Å². The van der Waals surface area contributed by atoms with Crippen LogP contribution >= 0.6 is 11.6 Å². The predicted octanol–water partition coefficient (Wildman–Crippen LogP) is 2.04. The second-order valence-corrected chi connectivity index (χ2v) is 6.03. The molecular formula is C16H17ClFN3O2. The topological polar surface area (TPSA) is 73.2 Å². The van der Waals surface area contributed by atoms with Gasteiger partial charge >= 0.3 is 0 Å². The van der Waals surface area contributed by atoms with E-state index >= 15 is 0 Å². The maximum absolute atomic E-state index is 13.7. The SMILES string of the molecule is CC(=O)N1CCC(C#N)(NC(=O)Cc2c(F)cccc2Cl)CC1. The zero-order chi connectivity index (χ0) is 17.0. The average molecular weight is 338 g/mol. The fourth-order valence-electron chi connectivity index (χ4n) is 2.64. The van der Waals surface area contributed by atoms with Crippen molar-refractivity contribution in [2.24, 2.45) is 0 Å². The van der Waals surface area contributed by atoms with Gasteiger partial charge in [0, 0.05) is 43.4 Å². The lowest BCUT2D eigenvalue weighted by molar-refractivity contribution is -0.130. The van der Waals surface area contributed by atoms with Crippen LogP contribution in [0.25, 0.3) is 0 Å². The number of rotatable bonds is 3. The number of carbonyl (C=O) groups excluding carboxylic acids is 2. The maximum Gasteiger partial charge on any atom is 0.225 e. The lowest BCUT2D eigenvalue weighted by atomic mass is 9.88. The highest BCUT2D eigenvalue weighted by Gasteiger charge is 2.37. The first-order chi connectivity index (χ1) is 10.9. The molecule has 2 rings (SSSR count). The zero-order valence-electron chi connectivity index (χ0n) is 12.7. The lowest BCUT2D eigenvalue weighted by Gasteiger charge is -2.37. The summed E-state index contributed by atoms with van der Waals surface area (Å²) in [7, 11) is 0. The molecule has 23 heavy (non-hydrogen) atoms. The van der Waals surface area contributed by atoms with E-state index in [1.807, 2.05) is 0 Å². The summed E-state index contributed by atoms with van der Waals surface area (Å²) in [5.41, 5.74) is -0.915. The van der Waals surface area contributed by atoms with Crippen molar-refractivity contribution in [1.29, 1.82) is 5.26 Å². The van der Waals surface area contributed by atoms with Crippen LogP contribution in [-0.2, 0) is 16.0 Å². The Hall–Kier alpha value is -2.13. The molecule has 0 saturated carbocycles. The highest BCUT2D eigenvalue weighted by Crippen LogP contribution is 2.23. The number of carbonyl (C=O) groups is 2. The molecular weight excluding hydrogens is 321 g/mol. The van der Waals surface area contributed by atoms with Crippen molar-refractivity contribution in [3.63, 3.8) is 0 Å². The second kappa shape index (κ2) is 6.97. The van der Waals surface area contributed by atoms with Crippen molar-refractivity contribution in [2.75, 3.05) is 13.1 Å². The van der Waals surface area contributed by atoms with Crippen molar-refractivity contribution in [1.82, 2.24) is 10.2 Å². The number of nitrogens with one attached hydrogen (secondary N) is 1. The third-order valence-corrected chi connectivity index (χ3v) is 4.41. The Labute approximate surface area is 139 Å². The van der Waals surface area contributed by atoms with Gasteiger partial charge in [-0.25, -0.2) is 4.39 Å². The monoisotopic (exact) mass is 337 g/mol. The average Bonchev–Trinajstić information content (AvgIpc) is 2.51. The molecule has 0 bridgehead atoms. The van der Waals surface area contributed by atoms with Gasteiger partial charge in [-0.3, -0.25) is 9.59 Å². The first kappa shape index (κ1) is 17.2. The van der Waals surface area contributed by atoms with E-state index in [9.17, 15) is 19.2 Å². The Morgan fingerprint density at radius 2 is 2.09 bits per heavy atom. The molecule has 0 aromatic heterocycles. The van der Waals surface area contributed by atoms with E-state index in [1.54, 1.807) is 4.90 Å². The standard InChI is InChI=1S/C16H17ClFN3O2/c1-11(22)21-7-5-16(10-19,6-8-21)20-15(23)9-12-13(17)3-2-4-14(12)18/h2-4H,5-9H2,1H3,(H,20,23). The molecule has 1 aliphatic heterocycles. The van der Waals surface area contributed by atoms with Crippen LogP contribution in [0.3, 0.4) is 0 Å². The summed E-state index contributed by atoms with van der Waals surface area (Å²) in [6, 6.07) is 6.34. The number of likely N-dealkylation sites (tertiary alicyclic amines) is 1. The van der Waals surface area contributed by atoms with E-state index in [-0.39, 0.29) is 22.9 Å². The molecule has 1 fully saturated rings. The van der Waals surface area contributed by atoms with Crippen LogP contribution in [0, 0.1) is 17.1 Å². The summed E-state index contributed by atoms with van der Waals surface area (Å²) in [6.07, 6.45) is 0.463. The Bertz CT molecular complexity index is 644.